The summed E-state index contributed by atoms with van der Waals surface area (Å²) in [6, 6.07) is 4.93. The Labute approximate surface area is 174 Å². The van der Waals surface area contributed by atoms with Crippen molar-refractivity contribution in [3.63, 3.8) is 0 Å². The second-order valence-electron chi connectivity index (χ2n) is 7.89. The minimum atomic E-state index is -1.67. The van der Waals surface area contributed by atoms with Crippen molar-refractivity contribution in [3.8, 4) is 0 Å². The molecule has 1 aliphatic rings. The summed E-state index contributed by atoms with van der Waals surface area (Å²) in [5, 5.41) is 12.7. The van der Waals surface area contributed by atoms with E-state index in [-0.39, 0.29) is 24.3 Å². The van der Waals surface area contributed by atoms with Gasteiger partial charge in [0.05, 0.1) is 0 Å². The van der Waals surface area contributed by atoms with Crippen LogP contribution in [0.5, 0.6) is 0 Å². The summed E-state index contributed by atoms with van der Waals surface area (Å²) in [6.07, 6.45) is -1.58. The third kappa shape index (κ3) is 3.17. The number of fused-ring (bicyclic) bond motifs is 1. The normalized spacial score (nSPS) is 19.6. The van der Waals surface area contributed by atoms with Crippen LogP contribution >= 0.6 is 15.9 Å². The fraction of sp³-hybridized carbons (Fsp3) is 0.368. The van der Waals surface area contributed by atoms with Gasteiger partial charge in [-0.15, -0.1) is 0 Å². The van der Waals surface area contributed by atoms with Crippen LogP contribution in [0.2, 0.25) is 0 Å². The summed E-state index contributed by atoms with van der Waals surface area (Å²) in [5.74, 6) is -2.54. The van der Waals surface area contributed by atoms with Gasteiger partial charge >= 0.3 is 6.09 Å². The van der Waals surface area contributed by atoms with E-state index >= 15 is 0 Å². The van der Waals surface area contributed by atoms with E-state index < -0.39 is 34.8 Å². The molecule has 29 heavy (non-hydrogen) atoms. The lowest BCUT2D eigenvalue weighted by atomic mass is 9.71. The highest BCUT2D eigenvalue weighted by atomic mass is 79.9. The molecule has 1 atom stereocenters. The van der Waals surface area contributed by atoms with Gasteiger partial charge in [-0.3, -0.25) is 14.4 Å². The molecule has 154 valence electrons. The van der Waals surface area contributed by atoms with Gasteiger partial charge in [-0.25, -0.2) is 9.69 Å². The number of likely N-dealkylation sites (tertiary alicyclic amines) is 1. The summed E-state index contributed by atoms with van der Waals surface area (Å²) in [6.45, 7) is 5.04. The lowest BCUT2D eigenvalue weighted by Gasteiger charge is -2.44. The summed E-state index contributed by atoms with van der Waals surface area (Å²) in [7, 11) is 0. The van der Waals surface area contributed by atoms with Crippen LogP contribution in [0.3, 0.4) is 0 Å². The summed E-state index contributed by atoms with van der Waals surface area (Å²) >= 11 is 3.32. The molecule has 0 saturated carbocycles. The van der Waals surface area contributed by atoms with E-state index in [1.165, 1.54) is 0 Å². The molecule has 0 radical (unpaired) electrons. The number of nitrogens with two attached hydrogens (primary N) is 1. The van der Waals surface area contributed by atoms with E-state index in [0.29, 0.717) is 20.3 Å². The van der Waals surface area contributed by atoms with Gasteiger partial charge in [0.1, 0.15) is 16.8 Å². The molecule has 2 aromatic rings. The molecule has 2 heterocycles. The Kier molecular flexibility index (Phi) is 4.94. The van der Waals surface area contributed by atoms with Crippen molar-refractivity contribution in [1.29, 1.82) is 0 Å². The molecule has 9 nitrogen and oxygen atoms in total. The predicted octanol–water partition coefficient (Wildman–Crippen LogP) is 3.32. The van der Waals surface area contributed by atoms with Crippen LogP contribution in [0.4, 0.5) is 10.5 Å². The number of carbonyl (C=O) groups is 4. The molecule has 0 spiro atoms. The number of halogens is 1. The lowest BCUT2D eigenvalue weighted by molar-refractivity contribution is -0.141. The summed E-state index contributed by atoms with van der Waals surface area (Å²) in [5.41, 5.74) is 3.17. The Morgan fingerprint density at radius 3 is 2.52 bits per heavy atom. The van der Waals surface area contributed by atoms with Gasteiger partial charge in [-0.2, -0.15) is 0 Å². The molecule has 1 fully saturated rings. The molecule has 4 amide bonds. The average Bonchev–Trinajstić information content (AvgIpc) is 3.13. The first-order chi connectivity index (χ1) is 13.4. The zero-order chi connectivity index (χ0) is 21.7. The smallest absolute Gasteiger partial charge is 0.415 e. The van der Waals surface area contributed by atoms with Crippen molar-refractivity contribution in [2.75, 3.05) is 5.32 Å². The van der Waals surface area contributed by atoms with Crippen molar-refractivity contribution < 1.29 is 28.7 Å². The second kappa shape index (κ2) is 6.87. The number of rotatable bonds is 3. The van der Waals surface area contributed by atoms with E-state index in [2.05, 4.69) is 21.2 Å². The van der Waals surface area contributed by atoms with E-state index in [4.69, 9.17) is 10.2 Å². The maximum Gasteiger partial charge on any atom is 0.415 e. The Morgan fingerprint density at radius 2 is 1.97 bits per heavy atom. The van der Waals surface area contributed by atoms with Crippen LogP contribution < -0.4 is 11.1 Å². The van der Waals surface area contributed by atoms with Gasteiger partial charge in [-0.1, -0.05) is 36.7 Å². The van der Waals surface area contributed by atoms with Crippen molar-refractivity contribution in [2.45, 2.75) is 39.2 Å². The highest BCUT2D eigenvalue weighted by Crippen LogP contribution is 2.46. The predicted molar refractivity (Wildman–Crippen MR) is 107 cm³/mol. The van der Waals surface area contributed by atoms with Crippen molar-refractivity contribution >= 4 is 56.4 Å². The largest absolute Gasteiger partial charge is 0.465 e. The van der Waals surface area contributed by atoms with Gasteiger partial charge in [-0.05, 0) is 30.0 Å². The van der Waals surface area contributed by atoms with Crippen LogP contribution in [-0.2, 0) is 9.59 Å². The lowest BCUT2D eigenvalue weighted by Crippen LogP contribution is -2.63. The molecule has 1 saturated heterocycles. The minimum Gasteiger partial charge on any atom is -0.465 e. The number of hydrogen-bond donors (Lipinski definition) is 3. The SMILES string of the molecule is CC(C)(C)[C@]1(C(=O)Nc2c(C(N)=O)oc3ccc(Br)cc23)CCC(=O)N1C(=O)O. The Hall–Kier alpha value is -2.88. The number of benzene rings is 1. The summed E-state index contributed by atoms with van der Waals surface area (Å²) < 4.78 is 6.16. The van der Waals surface area contributed by atoms with Crippen molar-refractivity contribution in [3.05, 3.63) is 28.4 Å². The number of carboxylic acid groups (broad SMARTS) is 1. The molecular formula is C19H20BrN3O6. The number of anilines is 1. The molecule has 10 heteroatoms. The van der Waals surface area contributed by atoms with Crippen molar-refractivity contribution in [1.82, 2.24) is 4.90 Å². The van der Waals surface area contributed by atoms with E-state index in [1.807, 2.05) is 0 Å². The number of carbonyl (C=O) groups excluding carboxylic acids is 3. The topological polar surface area (TPSA) is 143 Å². The maximum atomic E-state index is 13.5. The van der Waals surface area contributed by atoms with Gasteiger partial charge in [0.15, 0.2) is 0 Å². The number of imide groups is 1. The van der Waals surface area contributed by atoms with E-state index in [1.54, 1.807) is 39.0 Å². The van der Waals surface area contributed by atoms with Gasteiger partial charge in [0.25, 0.3) is 11.8 Å². The highest BCUT2D eigenvalue weighted by Gasteiger charge is 2.61. The van der Waals surface area contributed by atoms with Crippen LogP contribution in [0.25, 0.3) is 11.0 Å². The van der Waals surface area contributed by atoms with Gasteiger partial charge in [0, 0.05) is 16.3 Å². The molecule has 1 aromatic heterocycles. The third-order valence-electron chi connectivity index (χ3n) is 5.25. The molecule has 0 bridgehead atoms. The van der Waals surface area contributed by atoms with Crippen LogP contribution in [0.15, 0.2) is 27.1 Å². The fourth-order valence-corrected chi connectivity index (χ4v) is 4.21. The highest BCUT2D eigenvalue weighted by molar-refractivity contribution is 9.10. The number of furan rings is 1. The zero-order valence-corrected chi connectivity index (χ0v) is 17.6. The molecule has 1 aromatic carbocycles. The minimum absolute atomic E-state index is 0.0127. The second-order valence-corrected chi connectivity index (χ2v) is 8.80. The Morgan fingerprint density at radius 1 is 1.31 bits per heavy atom. The third-order valence-corrected chi connectivity index (χ3v) is 5.75. The number of nitrogens with zero attached hydrogens (tertiary/aromatic N) is 1. The van der Waals surface area contributed by atoms with Gasteiger partial charge < -0.3 is 20.6 Å². The Balaban J connectivity index is 2.17. The van der Waals surface area contributed by atoms with E-state index in [0.717, 1.165) is 0 Å². The monoisotopic (exact) mass is 465 g/mol. The van der Waals surface area contributed by atoms with Crippen molar-refractivity contribution in [2.24, 2.45) is 11.1 Å². The van der Waals surface area contributed by atoms with Crippen LogP contribution in [0.1, 0.15) is 44.2 Å². The number of primary amides is 1. The Bertz CT molecular complexity index is 1050. The average molecular weight is 466 g/mol. The molecule has 3 rings (SSSR count). The fourth-order valence-electron chi connectivity index (χ4n) is 3.84. The van der Waals surface area contributed by atoms with Crippen LogP contribution in [-0.4, -0.2) is 39.4 Å². The first kappa shape index (κ1) is 20.8. The maximum absolute atomic E-state index is 13.5. The number of hydrogen-bond acceptors (Lipinski definition) is 5. The van der Waals surface area contributed by atoms with Crippen LogP contribution in [0, 0.1) is 5.41 Å². The molecule has 0 aliphatic carbocycles. The zero-order valence-electron chi connectivity index (χ0n) is 16.0. The van der Waals surface area contributed by atoms with E-state index in [9.17, 15) is 24.3 Å². The first-order valence-electron chi connectivity index (χ1n) is 8.79. The molecule has 4 N–H and O–H groups in total. The standard InChI is InChI=1S/C19H20BrN3O6/c1-18(2,3)19(7-6-12(24)23(19)17(27)28)16(26)22-13-10-8-9(20)4-5-11(10)29-14(13)15(21)25/h4-5,8H,6-7H2,1-3H3,(H2,21,25)(H,22,26)(H,27,28)/t19-/m1/s1. The molecule has 1 aliphatic heterocycles. The number of amides is 4. The quantitative estimate of drug-likeness (QED) is 0.633. The molecule has 0 unspecified atom stereocenters. The molecular weight excluding hydrogens is 446 g/mol. The van der Waals surface area contributed by atoms with Gasteiger partial charge in [0.2, 0.25) is 11.7 Å². The summed E-state index contributed by atoms with van der Waals surface area (Å²) in [4.78, 5) is 50.1. The first-order valence-corrected chi connectivity index (χ1v) is 9.58. The number of nitrogens with one attached hydrogen (secondary N) is 1.